The molecule has 0 atom stereocenters. The number of methoxy groups -OCH3 is 1. The number of benzene rings is 1. The van der Waals surface area contributed by atoms with E-state index in [1.807, 2.05) is 12.1 Å². The quantitative estimate of drug-likeness (QED) is 0.209. The molecule has 2 fully saturated rings. The fraction of sp³-hybridized carbons (Fsp3) is 0.700. The molecule has 2 aliphatic carbocycles. The minimum atomic E-state index is -0.199. The SMILES string of the molecule is C#Cc1ccc(C(=O)OC)c(C2CCC(CCCCCCCC)CC2)c1C1CCCCC1. The number of rotatable bonds is 10. The average Bonchev–Trinajstić information content (AvgIpc) is 2.85. The van der Waals surface area contributed by atoms with Crippen molar-refractivity contribution in [1.29, 1.82) is 0 Å². The number of carbonyl (C=O) groups is 1. The van der Waals surface area contributed by atoms with Gasteiger partial charge in [-0.3, -0.25) is 0 Å². The molecular formula is C30H44O2. The number of unbranched alkanes of at least 4 members (excludes halogenated alkanes) is 5. The highest BCUT2D eigenvalue weighted by atomic mass is 16.5. The Hall–Kier alpha value is -1.75. The minimum absolute atomic E-state index is 0.199. The molecule has 2 saturated carbocycles. The van der Waals surface area contributed by atoms with E-state index < -0.39 is 0 Å². The van der Waals surface area contributed by atoms with Crippen LogP contribution in [0.15, 0.2) is 12.1 Å². The first kappa shape index (κ1) is 24.9. The summed E-state index contributed by atoms with van der Waals surface area (Å²) in [5.74, 6) is 4.55. The number of hydrogen-bond donors (Lipinski definition) is 0. The van der Waals surface area contributed by atoms with Gasteiger partial charge in [-0.05, 0) is 79.5 Å². The fourth-order valence-corrected chi connectivity index (χ4v) is 6.27. The molecular weight excluding hydrogens is 392 g/mol. The van der Waals surface area contributed by atoms with Gasteiger partial charge < -0.3 is 4.74 Å². The summed E-state index contributed by atoms with van der Waals surface area (Å²) >= 11 is 0. The van der Waals surface area contributed by atoms with E-state index in [-0.39, 0.29) is 5.97 Å². The topological polar surface area (TPSA) is 26.3 Å². The highest BCUT2D eigenvalue weighted by molar-refractivity contribution is 5.92. The maximum absolute atomic E-state index is 12.8. The molecule has 176 valence electrons. The predicted octanol–water partition coefficient (Wildman–Crippen LogP) is 8.53. The van der Waals surface area contributed by atoms with Crippen molar-refractivity contribution >= 4 is 5.97 Å². The van der Waals surface area contributed by atoms with Crippen molar-refractivity contribution in [3.05, 3.63) is 34.4 Å². The summed E-state index contributed by atoms with van der Waals surface area (Å²) in [6.07, 6.45) is 26.8. The van der Waals surface area contributed by atoms with Crippen LogP contribution in [0.25, 0.3) is 0 Å². The second-order valence-corrected chi connectivity index (χ2v) is 10.2. The van der Waals surface area contributed by atoms with Gasteiger partial charge in [0.15, 0.2) is 0 Å². The van der Waals surface area contributed by atoms with E-state index in [1.165, 1.54) is 121 Å². The molecule has 1 aromatic rings. The molecule has 2 heteroatoms. The number of ether oxygens (including phenoxy) is 1. The first-order chi connectivity index (χ1) is 15.7. The van der Waals surface area contributed by atoms with Crippen molar-refractivity contribution in [2.24, 2.45) is 5.92 Å². The fourth-order valence-electron chi connectivity index (χ4n) is 6.27. The van der Waals surface area contributed by atoms with Crippen molar-refractivity contribution in [3.63, 3.8) is 0 Å². The van der Waals surface area contributed by atoms with Crippen LogP contribution < -0.4 is 0 Å². The minimum Gasteiger partial charge on any atom is -0.465 e. The Kier molecular flexibility index (Phi) is 10.2. The Bertz CT molecular complexity index is 758. The van der Waals surface area contributed by atoms with Crippen LogP contribution in [0.5, 0.6) is 0 Å². The predicted molar refractivity (Wildman–Crippen MR) is 134 cm³/mol. The second-order valence-electron chi connectivity index (χ2n) is 10.2. The number of hydrogen-bond acceptors (Lipinski definition) is 2. The first-order valence-electron chi connectivity index (χ1n) is 13.4. The van der Waals surface area contributed by atoms with Gasteiger partial charge >= 0.3 is 5.97 Å². The highest BCUT2D eigenvalue weighted by Gasteiger charge is 2.32. The molecule has 0 bridgehead atoms. The van der Waals surface area contributed by atoms with Crippen LogP contribution in [0.4, 0.5) is 0 Å². The first-order valence-corrected chi connectivity index (χ1v) is 13.4. The van der Waals surface area contributed by atoms with E-state index in [0.717, 1.165) is 17.0 Å². The zero-order valence-corrected chi connectivity index (χ0v) is 20.6. The van der Waals surface area contributed by atoms with Crippen LogP contribution in [-0.4, -0.2) is 13.1 Å². The summed E-state index contributed by atoms with van der Waals surface area (Å²) < 4.78 is 5.21. The standard InChI is InChI=1S/C30H44O2/c1-4-6-7-8-9-11-14-23-17-19-26(20-18-23)29-27(30(31)32-3)22-21-24(5-2)28(29)25-15-12-10-13-16-25/h2,21-23,25-26H,4,6-20H2,1,3H3. The van der Waals surface area contributed by atoms with Crippen molar-refractivity contribution in [3.8, 4) is 12.3 Å². The molecule has 0 unspecified atom stereocenters. The average molecular weight is 437 g/mol. The van der Waals surface area contributed by atoms with Crippen molar-refractivity contribution in [1.82, 2.24) is 0 Å². The second kappa shape index (κ2) is 13.1. The van der Waals surface area contributed by atoms with Gasteiger partial charge in [0, 0.05) is 5.56 Å². The summed E-state index contributed by atoms with van der Waals surface area (Å²) in [6, 6.07) is 3.93. The zero-order chi connectivity index (χ0) is 22.8. The zero-order valence-electron chi connectivity index (χ0n) is 20.6. The van der Waals surface area contributed by atoms with Crippen LogP contribution >= 0.6 is 0 Å². The molecule has 0 spiro atoms. The Morgan fingerprint density at radius 2 is 1.56 bits per heavy atom. The van der Waals surface area contributed by atoms with E-state index in [9.17, 15) is 4.79 Å². The molecule has 0 N–H and O–H groups in total. The van der Waals surface area contributed by atoms with Crippen molar-refractivity contribution < 1.29 is 9.53 Å². The molecule has 2 nitrogen and oxygen atoms in total. The molecule has 0 radical (unpaired) electrons. The van der Waals surface area contributed by atoms with E-state index in [1.54, 1.807) is 0 Å². The van der Waals surface area contributed by atoms with Gasteiger partial charge in [-0.25, -0.2) is 4.79 Å². The van der Waals surface area contributed by atoms with Crippen LogP contribution in [0, 0.1) is 18.3 Å². The van der Waals surface area contributed by atoms with Gasteiger partial charge in [-0.1, -0.05) is 77.1 Å². The third kappa shape index (κ3) is 6.40. The monoisotopic (exact) mass is 436 g/mol. The molecule has 0 aliphatic heterocycles. The van der Waals surface area contributed by atoms with Gasteiger partial charge in [0.05, 0.1) is 12.7 Å². The molecule has 32 heavy (non-hydrogen) atoms. The molecule has 0 aromatic heterocycles. The molecule has 0 amide bonds. The lowest BCUT2D eigenvalue weighted by Crippen LogP contribution is -2.21. The molecule has 3 rings (SSSR count). The van der Waals surface area contributed by atoms with Crippen LogP contribution in [-0.2, 0) is 4.74 Å². The summed E-state index contributed by atoms with van der Waals surface area (Å²) in [5.41, 5.74) is 4.34. The lowest BCUT2D eigenvalue weighted by molar-refractivity contribution is 0.0598. The van der Waals surface area contributed by atoms with E-state index in [4.69, 9.17) is 11.2 Å². The smallest absolute Gasteiger partial charge is 0.338 e. The van der Waals surface area contributed by atoms with Gasteiger partial charge in [0.25, 0.3) is 0 Å². The van der Waals surface area contributed by atoms with Crippen LogP contribution in [0.3, 0.4) is 0 Å². The lowest BCUT2D eigenvalue weighted by atomic mass is 9.70. The normalized spacial score (nSPS) is 21.8. The summed E-state index contributed by atoms with van der Waals surface area (Å²) in [4.78, 5) is 12.8. The van der Waals surface area contributed by atoms with E-state index >= 15 is 0 Å². The third-order valence-corrected chi connectivity index (χ3v) is 8.08. The maximum atomic E-state index is 12.8. The van der Waals surface area contributed by atoms with Crippen molar-refractivity contribution in [2.45, 2.75) is 121 Å². The molecule has 0 heterocycles. The summed E-state index contributed by atoms with van der Waals surface area (Å²) in [6.45, 7) is 2.28. The Morgan fingerprint density at radius 1 is 0.906 bits per heavy atom. The van der Waals surface area contributed by atoms with Gasteiger partial charge in [0.1, 0.15) is 0 Å². The van der Waals surface area contributed by atoms with Gasteiger partial charge in [-0.2, -0.15) is 0 Å². The van der Waals surface area contributed by atoms with E-state index in [0.29, 0.717) is 11.8 Å². The Morgan fingerprint density at radius 3 is 2.22 bits per heavy atom. The number of terminal acetylenes is 1. The van der Waals surface area contributed by atoms with Gasteiger partial charge in [0.2, 0.25) is 0 Å². The van der Waals surface area contributed by atoms with Crippen LogP contribution in [0.1, 0.15) is 149 Å². The van der Waals surface area contributed by atoms with E-state index in [2.05, 4.69) is 12.8 Å². The molecule has 0 saturated heterocycles. The number of carbonyl (C=O) groups excluding carboxylic acids is 1. The van der Waals surface area contributed by atoms with Crippen molar-refractivity contribution in [2.75, 3.05) is 7.11 Å². The summed E-state index contributed by atoms with van der Waals surface area (Å²) in [7, 11) is 1.50. The van der Waals surface area contributed by atoms with Crippen LogP contribution in [0.2, 0.25) is 0 Å². The Labute approximate surface area is 196 Å². The Balaban J connectivity index is 1.73. The van der Waals surface area contributed by atoms with Gasteiger partial charge in [-0.15, -0.1) is 6.42 Å². The molecule has 2 aliphatic rings. The maximum Gasteiger partial charge on any atom is 0.338 e. The molecule has 1 aromatic carbocycles. The summed E-state index contributed by atoms with van der Waals surface area (Å²) in [5, 5.41) is 0. The largest absolute Gasteiger partial charge is 0.465 e. The highest BCUT2D eigenvalue weighted by Crippen LogP contribution is 2.45. The lowest BCUT2D eigenvalue weighted by Gasteiger charge is -2.34. The third-order valence-electron chi connectivity index (χ3n) is 8.08. The number of esters is 1.